The maximum atomic E-state index is 4.45. The molecular formula is C16H21N3. The van der Waals surface area contributed by atoms with Crippen molar-refractivity contribution >= 4 is 16.6 Å². The zero-order chi connectivity index (χ0) is 13.1. The highest BCUT2D eigenvalue weighted by Crippen LogP contribution is 2.27. The maximum Gasteiger partial charge on any atom is 0.0722 e. The first kappa shape index (κ1) is 12.4. The molecule has 1 fully saturated rings. The molecule has 1 aromatic carbocycles. The summed E-state index contributed by atoms with van der Waals surface area (Å²) in [4.78, 5) is 6.95. The lowest BCUT2D eigenvalue weighted by Gasteiger charge is -2.35. The van der Waals surface area contributed by atoms with Gasteiger partial charge in [-0.1, -0.05) is 13.0 Å². The Morgan fingerprint density at radius 2 is 2.26 bits per heavy atom. The number of anilines is 1. The molecule has 19 heavy (non-hydrogen) atoms. The van der Waals surface area contributed by atoms with Gasteiger partial charge >= 0.3 is 0 Å². The van der Waals surface area contributed by atoms with E-state index in [4.69, 9.17) is 0 Å². The molecule has 3 nitrogen and oxygen atoms in total. The van der Waals surface area contributed by atoms with Gasteiger partial charge in [0, 0.05) is 36.4 Å². The van der Waals surface area contributed by atoms with Crippen molar-refractivity contribution in [3.63, 3.8) is 0 Å². The molecule has 1 unspecified atom stereocenters. The number of hydrogen-bond acceptors (Lipinski definition) is 3. The zero-order valence-electron chi connectivity index (χ0n) is 11.5. The molecule has 0 radical (unpaired) electrons. The van der Waals surface area contributed by atoms with E-state index in [0.717, 1.165) is 25.2 Å². The highest BCUT2D eigenvalue weighted by molar-refractivity contribution is 5.91. The van der Waals surface area contributed by atoms with E-state index < -0.39 is 0 Å². The molecule has 0 saturated carbocycles. The number of piperidine rings is 1. The van der Waals surface area contributed by atoms with Gasteiger partial charge in [-0.2, -0.15) is 0 Å². The van der Waals surface area contributed by atoms with Crippen LogP contribution in [0.15, 0.2) is 36.5 Å². The minimum Gasteiger partial charge on any atom is -0.369 e. The summed E-state index contributed by atoms with van der Waals surface area (Å²) in [5, 5.41) is 4.84. The molecule has 0 bridgehead atoms. The molecule has 1 saturated heterocycles. The normalized spacial score (nSPS) is 19.8. The lowest BCUT2D eigenvalue weighted by atomic mass is 10.0. The molecule has 100 valence electrons. The number of hydrogen-bond donors (Lipinski definition) is 1. The second kappa shape index (κ2) is 5.57. The van der Waals surface area contributed by atoms with Gasteiger partial charge in [0.2, 0.25) is 0 Å². The van der Waals surface area contributed by atoms with Crippen molar-refractivity contribution in [3.8, 4) is 0 Å². The Morgan fingerprint density at radius 3 is 3.16 bits per heavy atom. The first-order valence-electron chi connectivity index (χ1n) is 7.20. The molecule has 1 atom stereocenters. The van der Waals surface area contributed by atoms with Crippen molar-refractivity contribution in [1.82, 2.24) is 10.3 Å². The van der Waals surface area contributed by atoms with E-state index in [2.05, 4.69) is 46.4 Å². The Morgan fingerprint density at radius 1 is 1.32 bits per heavy atom. The minimum atomic E-state index is 0.616. The predicted molar refractivity (Wildman–Crippen MR) is 80.7 cm³/mol. The van der Waals surface area contributed by atoms with E-state index >= 15 is 0 Å². The summed E-state index contributed by atoms with van der Waals surface area (Å²) in [7, 11) is 0. The molecule has 3 rings (SSSR count). The van der Waals surface area contributed by atoms with Crippen LogP contribution < -0.4 is 10.2 Å². The largest absolute Gasteiger partial charge is 0.369 e. The van der Waals surface area contributed by atoms with Gasteiger partial charge < -0.3 is 10.2 Å². The molecule has 0 spiro atoms. The third-order valence-corrected chi connectivity index (χ3v) is 3.88. The Labute approximate surface area is 114 Å². The number of pyridine rings is 1. The lowest BCUT2D eigenvalue weighted by Crippen LogP contribution is -2.45. The molecule has 0 aliphatic carbocycles. The molecule has 2 aromatic rings. The average Bonchev–Trinajstić information content (AvgIpc) is 2.47. The zero-order valence-corrected chi connectivity index (χ0v) is 11.5. The summed E-state index contributed by atoms with van der Waals surface area (Å²) in [5.41, 5.74) is 2.42. The van der Waals surface area contributed by atoms with Gasteiger partial charge in [0.05, 0.1) is 5.52 Å². The summed E-state index contributed by atoms with van der Waals surface area (Å²) in [6.45, 7) is 5.48. The van der Waals surface area contributed by atoms with Gasteiger partial charge in [0.25, 0.3) is 0 Å². The number of benzene rings is 1. The maximum absolute atomic E-state index is 4.45. The van der Waals surface area contributed by atoms with Crippen molar-refractivity contribution in [2.24, 2.45) is 0 Å². The van der Waals surface area contributed by atoms with Gasteiger partial charge in [0.15, 0.2) is 0 Å². The molecule has 1 aliphatic heterocycles. The van der Waals surface area contributed by atoms with E-state index in [0.29, 0.717) is 6.04 Å². The van der Waals surface area contributed by atoms with Crippen LogP contribution in [0.2, 0.25) is 0 Å². The van der Waals surface area contributed by atoms with Crippen molar-refractivity contribution in [2.75, 3.05) is 24.5 Å². The van der Waals surface area contributed by atoms with E-state index in [1.54, 1.807) is 0 Å². The Bertz CT molecular complexity index is 545. The summed E-state index contributed by atoms with van der Waals surface area (Å²) in [6.07, 6.45) is 4.41. The summed E-state index contributed by atoms with van der Waals surface area (Å²) in [5.74, 6) is 0. The molecule has 1 N–H and O–H groups in total. The SMILES string of the molecule is CCNC1CCCN(c2cccc3ncccc23)C1. The lowest BCUT2D eigenvalue weighted by molar-refractivity contribution is 0.432. The number of fused-ring (bicyclic) bond motifs is 1. The van der Waals surface area contributed by atoms with Crippen LogP contribution in [0.25, 0.3) is 10.9 Å². The Hall–Kier alpha value is -1.61. The summed E-state index contributed by atoms with van der Waals surface area (Å²) in [6, 6.07) is 11.2. The number of aromatic nitrogens is 1. The van der Waals surface area contributed by atoms with Crippen LogP contribution in [-0.4, -0.2) is 30.7 Å². The number of nitrogens with zero attached hydrogens (tertiary/aromatic N) is 2. The van der Waals surface area contributed by atoms with Crippen LogP contribution >= 0.6 is 0 Å². The topological polar surface area (TPSA) is 28.2 Å². The third-order valence-electron chi connectivity index (χ3n) is 3.88. The second-order valence-corrected chi connectivity index (χ2v) is 5.19. The first-order chi connectivity index (χ1) is 9.38. The highest BCUT2D eigenvalue weighted by atomic mass is 15.2. The van der Waals surface area contributed by atoms with Crippen LogP contribution in [0.1, 0.15) is 19.8 Å². The molecule has 0 amide bonds. The third kappa shape index (κ3) is 2.56. The fraction of sp³-hybridized carbons (Fsp3) is 0.438. The van der Waals surface area contributed by atoms with Crippen molar-refractivity contribution < 1.29 is 0 Å². The van der Waals surface area contributed by atoms with Crippen LogP contribution in [0.3, 0.4) is 0 Å². The summed E-state index contributed by atoms with van der Waals surface area (Å²) >= 11 is 0. The van der Waals surface area contributed by atoms with Gasteiger partial charge in [-0.15, -0.1) is 0 Å². The molecule has 1 aromatic heterocycles. The van der Waals surface area contributed by atoms with Gasteiger partial charge in [-0.05, 0) is 43.7 Å². The van der Waals surface area contributed by atoms with Crippen molar-refractivity contribution in [1.29, 1.82) is 0 Å². The quantitative estimate of drug-likeness (QED) is 0.914. The van der Waals surface area contributed by atoms with E-state index in [1.165, 1.54) is 23.9 Å². The van der Waals surface area contributed by atoms with Crippen LogP contribution in [-0.2, 0) is 0 Å². The number of nitrogens with one attached hydrogen (secondary N) is 1. The molecule has 2 heterocycles. The van der Waals surface area contributed by atoms with Crippen LogP contribution in [0, 0.1) is 0 Å². The Kier molecular flexibility index (Phi) is 3.65. The smallest absolute Gasteiger partial charge is 0.0722 e. The fourth-order valence-corrected chi connectivity index (χ4v) is 3.01. The number of likely N-dealkylation sites (N-methyl/N-ethyl adjacent to an activating group) is 1. The predicted octanol–water partition coefficient (Wildman–Crippen LogP) is 2.81. The van der Waals surface area contributed by atoms with Gasteiger partial charge in [-0.25, -0.2) is 0 Å². The van der Waals surface area contributed by atoms with E-state index in [9.17, 15) is 0 Å². The van der Waals surface area contributed by atoms with E-state index in [-0.39, 0.29) is 0 Å². The minimum absolute atomic E-state index is 0.616. The number of rotatable bonds is 3. The Balaban J connectivity index is 1.91. The van der Waals surface area contributed by atoms with Gasteiger partial charge in [-0.3, -0.25) is 4.98 Å². The van der Waals surface area contributed by atoms with Gasteiger partial charge in [0.1, 0.15) is 0 Å². The monoisotopic (exact) mass is 255 g/mol. The molecular weight excluding hydrogens is 234 g/mol. The second-order valence-electron chi connectivity index (χ2n) is 5.19. The summed E-state index contributed by atoms with van der Waals surface area (Å²) < 4.78 is 0. The van der Waals surface area contributed by atoms with Crippen molar-refractivity contribution in [2.45, 2.75) is 25.8 Å². The van der Waals surface area contributed by atoms with Crippen LogP contribution in [0.4, 0.5) is 5.69 Å². The molecule has 3 heteroatoms. The first-order valence-corrected chi connectivity index (χ1v) is 7.20. The standard InChI is InChI=1S/C16H21N3/c1-2-17-13-6-5-11-19(12-13)16-9-3-8-15-14(16)7-4-10-18-15/h3-4,7-10,13,17H,2,5-6,11-12H2,1H3. The van der Waals surface area contributed by atoms with Crippen LogP contribution in [0.5, 0.6) is 0 Å². The fourth-order valence-electron chi connectivity index (χ4n) is 3.01. The van der Waals surface area contributed by atoms with E-state index in [1.807, 2.05) is 12.3 Å². The average molecular weight is 255 g/mol. The van der Waals surface area contributed by atoms with Crippen molar-refractivity contribution in [3.05, 3.63) is 36.5 Å². The molecule has 1 aliphatic rings. The highest BCUT2D eigenvalue weighted by Gasteiger charge is 2.20.